The molecule has 3 heteroatoms. The number of ether oxygens (including phenoxy) is 1. The summed E-state index contributed by atoms with van der Waals surface area (Å²) >= 11 is 0. The minimum Gasteiger partial charge on any atom is -0.374 e. The maximum Gasteiger partial charge on any atom is 0.0865 e. The molecule has 0 bridgehead atoms. The van der Waals surface area contributed by atoms with Crippen molar-refractivity contribution in [1.82, 2.24) is 10.6 Å². The van der Waals surface area contributed by atoms with Gasteiger partial charge in [-0.25, -0.2) is 0 Å². The SMILES string of the molecule is C1CO[C@H]2CNCC2N1. The van der Waals surface area contributed by atoms with Crippen molar-refractivity contribution in [2.75, 3.05) is 26.2 Å². The van der Waals surface area contributed by atoms with Crippen molar-refractivity contribution in [3.8, 4) is 0 Å². The highest BCUT2D eigenvalue weighted by Gasteiger charge is 2.29. The largest absolute Gasteiger partial charge is 0.374 e. The summed E-state index contributed by atoms with van der Waals surface area (Å²) in [7, 11) is 0. The van der Waals surface area contributed by atoms with E-state index in [1.54, 1.807) is 0 Å². The van der Waals surface area contributed by atoms with Crippen molar-refractivity contribution in [2.45, 2.75) is 12.1 Å². The Morgan fingerprint density at radius 1 is 1.33 bits per heavy atom. The highest BCUT2D eigenvalue weighted by Crippen LogP contribution is 2.07. The molecule has 0 aliphatic carbocycles. The summed E-state index contributed by atoms with van der Waals surface area (Å²) in [6.45, 7) is 3.99. The van der Waals surface area contributed by atoms with Crippen LogP contribution in [0.15, 0.2) is 0 Å². The molecule has 0 radical (unpaired) electrons. The molecule has 9 heavy (non-hydrogen) atoms. The number of hydrogen-bond donors (Lipinski definition) is 2. The molecule has 2 saturated heterocycles. The Bertz CT molecular complexity index is 95.2. The number of fused-ring (bicyclic) bond motifs is 1. The number of morpholine rings is 1. The first-order chi connectivity index (χ1) is 4.47. The molecule has 0 saturated carbocycles. The lowest BCUT2D eigenvalue weighted by Gasteiger charge is -2.25. The van der Waals surface area contributed by atoms with Gasteiger partial charge >= 0.3 is 0 Å². The summed E-state index contributed by atoms with van der Waals surface area (Å²) in [5.74, 6) is 0. The molecule has 2 fully saturated rings. The van der Waals surface area contributed by atoms with Gasteiger partial charge in [0.15, 0.2) is 0 Å². The molecule has 0 aromatic rings. The Kier molecular flexibility index (Phi) is 1.41. The van der Waals surface area contributed by atoms with E-state index in [-0.39, 0.29) is 0 Å². The van der Waals surface area contributed by atoms with Crippen LogP contribution >= 0.6 is 0 Å². The first-order valence-electron chi connectivity index (χ1n) is 3.52. The molecule has 2 rings (SSSR count). The molecule has 52 valence electrons. The first-order valence-corrected chi connectivity index (χ1v) is 3.52. The summed E-state index contributed by atoms with van der Waals surface area (Å²) < 4.78 is 5.48. The van der Waals surface area contributed by atoms with Gasteiger partial charge in [-0.3, -0.25) is 0 Å². The third-order valence-corrected chi connectivity index (χ3v) is 2.00. The second kappa shape index (κ2) is 2.25. The summed E-state index contributed by atoms with van der Waals surface area (Å²) in [6, 6.07) is 0.582. The third-order valence-electron chi connectivity index (χ3n) is 2.00. The van der Waals surface area contributed by atoms with Crippen LogP contribution in [-0.4, -0.2) is 38.4 Å². The van der Waals surface area contributed by atoms with Crippen LogP contribution < -0.4 is 10.6 Å². The van der Waals surface area contributed by atoms with E-state index < -0.39 is 0 Å². The lowest BCUT2D eigenvalue weighted by atomic mass is 10.2. The highest BCUT2D eigenvalue weighted by molar-refractivity contribution is 4.89. The molecule has 2 atom stereocenters. The molecule has 2 N–H and O–H groups in total. The van der Waals surface area contributed by atoms with E-state index in [0.29, 0.717) is 12.1 Å². The summed E-state index contributed by atoms with van der Waals surface area (Å²) in [6.07, 6.45) is 0.443. The molecule has 2 aliphatic rings. The smallest absolute Gasteiger partial charge is 0.0865 e. The molecule has 0 amide bonds. The molecule has 0 spiro atoms. The fraction of sp³-hybridized carbons (Fsp3) is 1.00. The second-order valence-corrected chi connectivity index (χ2v) is 2.63. The van der Waals surface area contributed by atoms with Gasteiger partial charge in [0.05, 0.1) is 12.7 Å². The molecule has 1 unspecified atom stereocenters. The van der Waals surface area contributed by atoms with Gasteiger partial charge in [0.1, 0.15) is 0 Å². The van der Waals surface area contributed by atoms with Gasteiger partial charge in [0, 0.05) is 25.7 Å². The average molecular weight is 128 g/mol. The van der Waals surface area contributed by atoms with E-state index in [0.717, 1.165) is 26.2 Å². The predicted octanol–water partition coefficient (Wildman–Crippen LogP) is -1.05. The topological polar surface area (TPSA) is 33.3 Å². The lowest BCUT2D eigenvalue weighted by Crippen LogP contribution is -2.47. The monoisotopic (exact) mass is 128 g/mol. The van der Waals surface area contributed by atoms with Crippen LogP contribution in [0.25, 0.3) is 0 Å². The molecular formula is C6H12N2O. The maximum atomic E-state index is 5.48. The fourth-order valence-corrected chi connectivity index (χ4v) is 1.49. The zero-order chi connectivity index (χ0) is 6.10. The summed E-state index contributed by atoms with van der Waals surface area (Å²) in [4.78, 5) is 0. The maximum absolute atomic E-state index is 5.48. The summed E-state index contributed by atoms with van der Waals surface area (Å²) in [5, 5.41) is 6.67. The Morgan fingerprint density at radius 2 is 2.33 bits per heavy atom. The van der Waals surface area contributed by atoms with Gasteiger partial charge in [0.25, 0.3) is 0 Å². The Balaban J connectivity index is 1.97. The van der Waals surface area contributed by atoms with Crippen LogP contribution in [-0.2, 0) is 4.74 Å². The first kappa shape index (κ1) is 5.65. The fourth-order valence-electron chi connectivity index (χ4n) is 1.49. The number of nitrogens with one attached hydrogen (secondary N) is 2. The highest BCUT2D eigenvalue weighted by atomic mass is 16.5. The molecular weight excluding hydrogens is 116 g/mol. The zero-order valence-corrected chi connectivity index (χ0v) is 5.39. The van der Waals surface area contributed by atoms with Gasteiger partial charge in [-0.15, -0.1) is 0 Å². The van der Waals surface area contributed by atoms with Gasteiger partial charge in [-0.2, -0.15) is 0 Å². The van der Waals surface area contributed by atoms with Crippen LogP contribution in [0.2, 0.25) is 0 Å². The van der Waals surface area contributed by atoms with Crippen LogP contribution in [0.3, 0.4) is 0 Å². The molecule has 0 aromatic carbocycles. The average Bonchev–Trinajstić information content (AvgIpc) is 2.33. The number of hydrogen-bond acceptors (Lipinski definition) is 3. The second-order valence-electron chi connectivity index (χ2n) is 2.63. The van der Waals surface area contributed by atoms with E-state index in [1.807, 2.05) is 0 Å². The normalized spacial score (nSPS) is 42.7. The van der Waals surface area contributed by atoms with Gasteiger partial charge in [0.2, 0.25) is 0 Å². The molecule has 2 heterocycles. The van der Waals surface area contributed by atoms with Crippen molar-refractivity contribution in [3.63, 3.8) is 0 Å². The Hall–Kier alpha value is -0.120. The minimum absolute atomic E-state index is 0.443. The molecule has 2 aliphatic heterocycles. The van der Waals surface area contributed by atoms with Crippen LogP contribution in [0.1, 0.15) is 0 Å². The lowest BCUT2D eigenvalue weighted by molar-refractivity contribution is 0.0207. The molecule has 0 aromatic heterocycles. The quantitative estimate of drug-likeness (QED) is 0.436. The van der Waals surface area contributed by atoms with Gasteiger partial charge < -0.3 is 15.4 Å². The van der Waals surface area contributed by atoms with Crippen molar-refractivity contribution >= 4 is 0 Å². The van der Waals surface area contributed by atoms with E-state index in [4.69, 9.17) is 4.74 Å². The Morgan fingerprint density at radius 3 is 3.22 bits per heavy atom. The van der Waals surface area contributed by atoms with Crippen molar-refractivity contribution in [3.05, 3.63) is 0 Å². The predicted molar refractivity (Wildman–Crippen MR) is 34.4 cm³/mol. The third kappa shape index (κ3) is 0.956. The summed E-state index contributed by atoms with van der Waals surface area (Å²) in [5.41, 5.74) is 0. The van der Waals surface area contributed by atoms with E-state index >= 15 is 0 Å². The van der Waals surface area contributed by atoms with Crippen molar-refractivity contribution in [1.29, 1.82) is 0 Å². The van der Waals surface area contributed by atoms with E-state index in [9.17, 15) is 0 Å². The van der Waals surface area contributed by atoms with Gasteiger partial charge in [-0.05, 0) is 0 Å². The van der Waals surface area contributed by atoms with Crippen molar-refractivity contribution in [2.24, 2.45) is 0 Å². The van der Waals surface area contributed by atoms with E-state index in [2.05, 4.69) is 10.6 Å². The standard InChI is InChI=1S/C6H12N2O/c1-2-9-6-4-7-3-5(6)8-1/h5-8H,1-4H2/t5?,6-/m0/s1. The van der Waals surface area contributed by atoms with Crippen LogP contribution in [0, 0.1) is 0 Å². The number of rotatable bonds is 0. The zero-order valence-electron chi connectivity index (χ0n) is 5.39. The van der Waals surface area contributed by atoms with Crippen molar-refractivity contribution < 1.29 is 4.74 Å². The molecule has 3 nitrogen and oxygen atoms in total. The Labute approximate surface area is 54.8 Å². The van der Waals surface area contributed by atoms with Crippen LogP contribution in [0.5, 0.6) is 0 Å². The van der Waals surface area contributed by atoms with E-state index in [1.165, 1.54) is 0 Å². The minimum atomic E-state index is 0.443. The van der Waals surface area contributed by atoms with Crippen LogP contribution in [0.4, 0.5) is 0 Å². The van der Waals surface area contributed by atoms with Gasteiger partial charge in [-0.1, -0.05) is 0 Å².